The van der Waals surface area contributed by atoms with Gasteiger partial charge in [-0.25, -0.2) is 0 Å². The predicted octanol–water partition coefficient (Wildman–Crippen LogP) is 0.943. The first-order chi connectivity index (χ1) is 9.66. The van der Waals surface area contributed by atoms with Crippen LogP contribution >= 0.6 is 11.3 Å². The van der Waals surface area contributed by atoms with Crippen LogP contribution in [-0.2, 0) is 16.1 Å². The van der Waals surface area contributed by atoms with Crippen molar-refractivity contribution in [1.29, 1.82) is 0 Å². The van der Waals surface area contributed by atoms with E-state index in [1.165, 1.54) is 0 Å². The number of carboxylic acid groups (broad SMARTS) is 1. The number of hydrogen-bond donors (Lipinski definition) is 1. The van der Waals surface area contributed by atoms with E-state index < -0.39 is 17.8 Å². The lowest BCUT2D eigenvalue weighted by atomic mass is 9.62. The van der Waals surface area contributed by atoms with Crippen LogP contribution < -0.4 is 10.4 Å². The average Bonchev–Trinajstić information content (AvgIpc) is 2.98. The monoisotopic (exact) mass is 290 g/mol. The van der Waals surface area contributed by atoms with E-state index >= 15 is 0 Å². The minimum absolute atomic E-state index is 0.0336. The number of nitrogens with one attached hydrogen (secondary N) is 1. The van der Waals surface area contributed by atoms with Crippen LogP contribution in [0.15, 0.2) is 29.7 Å². The number of rotatable bonds is 4. The highest BCUT2D eigenvalue weighted by Gasteiger charge is 2.44. The summed E-state index contributed by atoms with van der Waals surface area (Å²) in [5.74, 6) is -2.44. The second-order valence-corrected chi connectivity index (χ2v) is 6.49. The van der Waals surface area contributed by atoms with Crippen molar-refractivity contribution in [2.75, 3.05) is 0 Å². The summed E-state index contributed by atoms with van der Waals surface area (Å²) in [6.07, 6.45) is 5.68. The van der Waals surface area contributed by atoms with Gasteiger partial charge in [-0.2, -0.15) is 0 Å². The van der Waals surface area contributed by atoms with Crippen LogP contribution in [0.2, 0.25) is 0 Å². The average molecular weight is 290 g/mol. The van der Waals surface area contributed by atoms with Crippen LogP contribution in [0.25, 0.3) is 0 Å². The summed E-state index contributed by atoms with van der Waals surface area (Å²) < 4.78 is 0. The Morgan fingerprint density at radius 2 is 1.95 bits per heavy atom. The maximum absolute atomic E-state index is 12.4. The molecule has 1 saturated carbocycles. The van der Waals surface area contributed by atoms with Gasteiger partial charge in [0.25, 0.3) is 0 Å². The highest BCUT2D eigenvalue weighted by atomic mass is 32.1. The fraction of sp³-hybridized carbons (Fsp3) is 0.467. The molecular formula is C15H16NO3S-. The molecule has 3 aliphatic carbocycles. The Hall–Kier alpha value is -1.62. The quantitative estimate of drug-likeness (QED) is 0.839. The number of fused-ring (bicyclic) bond motifs is 2. The fourth-order valence-corrected chi connectivity index (χ4v) is 4.02. The van der Waals surface area contributed by atoms with Gasteiger partial charge in [0.2, 0.25) is 5.91 Å². The lowest BCUT2D eigenvalue weighted by molar-refractivity contribution is -0.316. The van der Waals surface area contributed by atoms with Crippen molar-refractivity contribution >= 4 is 23.2 Å². The van der Waals surface area contributed by atoms with Crippen LogP contribution in [0.3, 0.4) is 0 Å². The number of hydrogen-bond acceptors (Lipinski definition) is 4. The smallest absolute Gasteiger partial charge is 0.224 e. The summed E-state index contributed by atoms with van der Waals surface area (Å²) in [5, 5.41) is 16.2. The first-order valence-corrected chi connectivity index (χ1v) is 7.74. The molecule has 0 unspecified atom stereocenters. The van der Waals surface area contributed by atoms with Crippen molar-refractivity contribution in [2.45, 2.75) is 19.4 Å². The topological polar surface area (TPSA) is 69.2 Å². The van der Waals surface area contributed by atoms with E-state index in [1.807, 2.05) is 29.7 Å². The minimum atomic E-state index is -1.10. The van der Waals surface area contributed by atoms with E-state index in [9.17, 15) is 14.7 Å². The number of amides is 1. The molecule has 0 saturated heterocycles. The summed E-state index contributed by atoms with van der Waals surface area (Å²) in [5.41, 5.74) is 0. The zero-order valence-corrected chi connectivity index (χ0v) is 11.8. The van der Waals surface area contributed by atoms with Gasteiger partial charge in [0.15, 0.2) is 0 Å². The van der Waals surface area contributed by atoms with Gasteiger partial charge < -0.3 is 15.2 Å². The molecule has 1 N–H and O–H groups in total. The zero-order chi connectivity index (χ0) is 14.1. The van der Waals surface area contributed by atoms with Crippen LogP contribution in [0.4, 0.5) is 0 Å². The number of thiophene rings is 1. The van der Waals surface area contributed by atoms with Gasteiger partial charge in [0.05, 0.1) is 12.5 Å². The van der Waals surface area contributed by atoms with Crippen molar-refractivity contribution in [3.63, 3.8) is 0 Å². The lowest BCUT2D eigenvalue weighted by Crippen LogP contribution is -2.52. The highest BCUT2D eigenvalue weighted by molar-refractivity contribution is 7.09. The van der Waals surface area contributed by atoms with Crippen molar-refractivity contribution in [1.82, 2.24) is 5.32 Å². The van der Waals surface area contributed by atoms with Gasteiger partial charge in [0, 0.05) is 16.8 Å². The molecule has 20 heavy (non-hydrogen) atoms. The van der Waals surface area contributed by atoms with Crippen LogP contribution in [-0.4, -0.2) is 11.9 Å². The Balaban J connectivity index is 1.72. The normalized spacial score (nSPS) is 31.2. The third kappa shape index (κ3) is 2.38. The molecule has 4 rings (SSSR count). The number of carbonyl (C=O) groups excluding carboxylic acids is 2. The summed E-state index contributed by atoms with van der Waals surface area (Å²) in [6, 6.07) is 3.88. The SMILES string of the molecule is O=C([O-])[C@@H]1[C@@H](C(=O)NCc2cccs2)[C@@H]2C=C[C@@H]1CC2. The summed E-state index contributed by atoms with van der Waals surface area (Å²) in [6.45, 7) is 0.466. The predicted molar refractivity (Wildman–Crippen MR) is 73.5 cm³/mol. The third-order valence-electron chi connectivity index (χ3n) is 4.34. The van der Waals surface area contributed by atoms with Crippen LogP contribution in [0.1, 0.15) is 17.7 Å². The van der Waals surface area contributed by atoms with E-state index in [1.54, 1.807) is 11.3 Å². The van der Waals surface area contributed by atoms with Gasteiger partial charge in [-0.05, 0) is 36.1 Å². The van der Waals surface area contributed by atoms with E-state index in [0.29, 0.717) is 6.54 Å². The van der Waals surface area contributed by atoms with E-state index in [-0.39, 0.29) is 17.7 Å². The van der Waals surface area contributed by atoms with Gasteiger partial charge in [0.1, 0.15) is 0 Å². The second kappa shape index (κ2) is 5.40. The Labute approximate surface area is 121 Å². The first kappa shape index (κ1) is 13.4. The molecule has 2 bridgehead atoms. The third-order valence-corrected chi connectivity index (χ3v) is 5.22. The van der Waals surface area contributed by atoms with Crippen molar-refractivity contribution in [3.05, 3.63) is 34.5 Å². The summed E-state index contributed by atoms with van der Waals surface area (Å²) >= 11 is 1.58. The first-order valence-electron chi connectivity index (χ1n) is 6.86. The minimum Gasteiger partial charge on any atom is -0.550 e. The Morgan fingerprint density at radius 1 is 1.25 bits per heavy atom. The maximum atomic E-state index is 12.4. The molecule has 3 aliphatic rings. The largest absolute Gasteiger partial charge is 0.550 e. The number of aliphatic carboxylic acids is 1. The molecule has 0 aromatic carbocycles. The molecule has 0 spiro atoms. The molecule has 1 fully saturated rings. The molecule has 5 heteroatoms. The van der Waals surface area contributed by atoms with Crippen LogP contribution in [0, 0.1) is 23.7 Å². The molecule has 4 atom stereocenters. The van der Waals surface area contributed by atoms with Crippen molar-refractivity contribution in [2.24, 2.45) is 23.7 Å². The molecule has 106 valence electrons. The van der Waals surface area contributed by atoms with Gasteiger partial charge >= 0.3 is 0 Å². The Bertz CT molecular complexity index is 537. The van der Waals surface area contributed by atoms with Gasteiger partial charge in [-0.3, -0.25) is 4.79 Å². The zero-order valence-electron chi connectivity index (χ0n) is 11.0. The molecular weight excluding hydrogens is 274 g/mol. The van der Waals surface area contributed by atoms with Crippen molar-refractivity contribution < 1.29 is 14.7 Å². The van der Waals surface area contributed by atoms with E-state index in [0.717, 1.165) is 17.7 Å². The molecule has 1 amide bonds. The molecule has 1 aromatic rings. The van der Waals surface area contributed by atoms with Crippen LogP contribution in [0.5, 0.6) is 0 Å². The van der Waals surface area contributed by atoms with E-state index in [2.05, 4.69) is 5.32 Å². The lowest BCUT2D eigenvalue weighted by Gasteiger charge is -2.44. The number of allylic oxidation sites excluding steroid dienone is 2. The molecule has 1 aromatic heterocycles. The second-order valence-electron chi connectivity index (χ2n) is 5.46. The Morgan fingerprint density at radius 3 is 2.50 bits per heavy atom. The molecule has 4 nitrogen and oxygen atoms in total. The number of carboxylic acids is 1. The molecule has 0 aliphatic heterocycles. The van der Waals surface area contributed by atoms with Crippen molar-refractivity contribution in [3.8, 4) is 0 Å². The number of carbonyl (C=O) groups is 2. The van der Waals surface area contributed by atoms with E-state index in [4.69, 9.17) is 0 Å². The highest BCUT2D eigenvalue weighted by Crippen LogP contribution is 2.44. The maximum Gasteiger partial charge on any atom is 0.224 e. The molecule has 0 radical (unpaired) electrons. The Kier molecular flexibility index (Phi) is 3.61. The van der Waals surface area contributed by atoms with Gasteiger partial charge in [-0.15, -0.1) is 11.3 Å². The summed E-state index contributed by atoms with van der Waals surface area (Å²) in [4.78, 5) is 24.8. The molecule has 1 heterocycles. The summed E-state index contributed by atoms with van der Waals surface area (Å²) in [7, 11) is 0. The standard InChI is InChI=1S/C15H17NO3S/c17-14(16-8-11-2-1-7-20-11)12-9-3-5-10(6-4-9)13(12)15(18)19/h1-3,5,7,9-10,12-13H,4,6,8H2,(H,16,17)(H,18,19)/p-1/t9-,10-,12+,13+/m1/s1. The van der Waals surface area contributed by atoms with Gasteiger partial charge in [-0.1, -0.05) is 18.2 Å². The fourth-order valence-electron chi connectivity index (χ4n) is 3.38.